The van der Waals surface area contributed by atoms with E-state index in [-0.39, 0.29) is 12.6 Å². The van der Waals surface area contributed by atoms with Crippen LogP contribution in [0.1, 0.15) is 33.1 Å². The van der Waals surface area contributed by atoms with Crippen LogP contribution in [0.5, 0.6) is 0 Å². The van der Waals surface area contributed by atoms with E-state index in [0.717, 1.165) is 19.3 Å². The molecule has 0 aromatic heterocycles. The third kappa shape index (κ3) is 3.88. The molecule has 1 aliphatic rings. The van der Waals surface area contributed by atoms with Crippen LogP contribution in [0.4, 0.5) is 13.2 Å². The predicted octanol–water partition coefficient (Wildman–Crippen LogP) is 3.10. The molecule has 0 aromatic rings. The largest absolute Gasteiger partial charge is 0.405 e. The van der Waals surface area contributed by atoms with E-state index < -0.39 is 12.1 Å². The lowest BCUT2D eigenvalue weighted by atomic mass is 9.78. The third-order valence-electron chi connectivity index (χ3n) is 3.84. The van der Waals surface area contributed by atoms with Crippen LogP contribution in [0, 0.1) is 29.1 Å². The van der Waals surface area contributed by atoms with E-state index in [1.807, 2.05) is 0 Å². The molecular formula is C12H19F3N2. The summed E-state index contributed by atoms with van der Waals surface area (Å²) in [4.78, 5) is 0. The fourth-order valence-electron chi connectivity index (χ4n) is 2.37. The van der Waals surface area contributed by atoms with Crippen LogP contribution >= 0.6 is 0 Å². The van der Waals surface area contributed by atoms with Gasteiger partial charge in [-0.25, -0.2) is 0 Å². The molecule has 2 nitrogen and oxygen atoms in total. The molecule has 98 valence electrons. The minimum atomic E-state index is -4.43. The second-order valence-electron chi connectivity index (χ2n) is 5.01. The zero-order valence-corrected chi connectivity index (χ0v) is 10.2. The molecule has 1 N–H and O–H groups in total. The maximum absolute atomic E-state index is 12.4. The second kappa shape index (κ2) is 5.72. The van der Waals surface area contributed by atoms with Crippen molar-refractivity contribution in [3.8, 4) is 6.07 Å². The first-order chi connectivity index (χ1) is 7.86. The third-order valence-corrected chi connectivity index (χ3v) is 3.84. The SMILES string of the molecule is CC1CCCC(NCC(C#N)C(F)(F)F)C1C. The summed E-state index contributed by atoms with van der Waals surface area (Å²) in [5, 5.41) is 11.4. The van der Waals surface area contributed by atoms with E-state index in [1.165, 1.54) is 6.07 Å². The number of nitriles is 1. The Balaban J connectivity index is 2.47. The van der Waals surface area contributed by atoms with Crippen molar-refractivity contribution in [3.63, 3.8) is 0 Å². The average Bonchev–Trinajstić information content (AvgIpc) is 2.23. The first kappa shape index (κ1) is 14.3. The zero-order chi connectivity index (χ0) is 13.1. The Hall–Kier alpha value is -0.760. The van der Waals surface area contributed by atoms with Gasteiger partial charge >= 0.3 is 6.18 Å². The van der Waals surface area contributed by atoms with Crippen molar-refractivity contribution < 1.29 is 13.2 Å². The molecule has 1 aliphatic carbocycles. The topological polar surface area (TPSA) is 35.8 Å². The molecule has 0 heterocycles. The Bertz CT molecular complexity index is 282. The monoisotopic (exact) mass is 248 g/mol. The molecule has 1 saturated carbocycles. The molecule has 0 bridgehead atoms. The maximum Gasteiger partial charge on any atom is 0.405 e. The first-order valence-corrected chi connectivity index (χ1v) is 6.06. The highest BCUT2D eigenvalue weighted by molar-refractivity contribution is 4.92. The van der Waals surface area contributed by atoms with Crippen molar-refractivity contribution in [1.29, 1.82) is 5.26 Å². The highest BCUT2D eigenvalue weighted by Crippen LogP contribution is 2.30. The van der Waals surface area contributed by atoms with Crippen LogP contribution in [-0.2, 0) is 0 Å². The van der Waals surface area contributed by atoms with E-state index in [0.29, 0.717) is 11.8 Å². The minimum absolute atomic E-state index is 0.108. The molecule has 0 saturated heterocycles. The van der Waals surface area contributed by atoms with Gasteiger partial charge in [-0.05, 0) is 18.3 Å². The van der Waals surface area contributed by atoms with Crippen molar-refractivity contribution in [1.82, 2.24) is 5.32 Å². The Kier molecular flexibility index (Phi) is 4.81. The first-order valence-electron chi connectivity index (χ1n) is 6.06. The molecule has 0 radical (unpaired) electrons. The molecule has 1 fully saturated rings. The van der Waals surface area contributed by atoms with Gasteiger partial charge in [-0.15, -0.1) is 0 Å². The number of rotatable bonds is 3. The smallest absolute Gasteiger partial charge is 0.312 e. The van der Waals surface area contributed by atoms with Crippen LogP contribution < -0.4 is 5.32 Å². The summed E-state index contributed by atoms with van der Waals surface area (Å²) >= 11 is 0. The lowest BCUT2D eigenvalue weighted by Crippen LogP contribution is -2.44. The van der Waals surface area contributed by atoms with Gasteiger partial charge in [0.25, 0.3) is 0 Å². The molecule has 0 aromatic carbocycles. The Labute approximate surface area is 100 Å². The van der Waals surface area contributed by atoms with E-state index in [4.69, 9.17) is 5.26 Å². The summed E-state index contributed by atoms with van der Waals surface area (Å²) in [6.07, 6.45) is -1.33. The predicted molar refractivity (Wildman–Crippen MR) is 59.1 cm³/mol. The lowest BCUT2D eigenvalue weighted by molar-refractivity contribution is -0.158. The van der Waals surface area contributed by atoms with Gasteiger partial charge < -0.3 is 5.32 Å². The highest BCUT2D eigenvalue weighted by Gasteiger charge is 2.40. The van der Waals surface area contributed by atoms with Crippen molar-refractivity contribution in [2.24, 2.45) is 17.8 Å². The standard InChI is InChI=1S/C12H19F3N2/c1-8-4-3-5-11(9(8)2)17-7-10(6-16)12(13,14)15/h8-11,17H,3-5,7H2,1-2H3. The van der Waals surface area contributed by atoms with Gasteiger partial charge in [0.1, 0.15) is 0 Å². The van der Waals surface area contributed by atoms with E-state index in [9.17, 15) is 13.2 Å². The van der Waals surface area contributed by atoms with Crippen LogP contribution in [0.15, 0.2) is 0 Å². The molecule has 0 aliphatic heterocycles. The Morgan fingerprint density at radius 1 is 1.35 bits per heavy atom. The van der Waals surface area contributed by atoms with Crippen molar-refractivity contribution in [2.45, 2.75) is 45.3 Å². The molecule has 0 spiro atoms. The van der Waals surface area contributed by atoms with Crippen LogP contribution in [-0.4, -0.2) is 18.8 Å². The number of nitrogens with zero attached hydrogens (tertiary/aromatic N) is 1. The number of nitrogens with one attached hydrogen (secondary N) is 1. The number of alkyl halides is 3. The summed E-state index contributed by atoms with van der Waals surface area (Å²) in [5.74, 6) is -0.990. The number of hydrogen-bond donors (Lipinski definition) is 1. The Morgan fingerprint density at radius 2 is 2.00 bits per heavy atom. The van der Waals surface area contributed by atoms with E-state index >= 15 is 0 Å². The molecule has 17 heavy (non-hydrogen) atoms. The quantitative estimate of drug-likeness (QED) is 0.833. The van der Waals surface area contributed by atoms with Gasteiger partial charge in [0.15, 0.2) is 5.92 Å². The lowest BCUT2D eigenvalue weighted by Gasteiger charge is -2.35. The van der Waals surface area contributed by atoms with Crippen LogP contribution in [0.3, 0.4) is 0 Å². The maximum atomic E-state index is 12.4. The fraction of sp³-hybridized carbons (Fsp3) is 0.917. The number of hydrogen-bond acceptors (Lipinski definition) is 2. The van der Waals surface area contributed by atoms with Gasteiger partial charge in [-0.1, -0.05) is 26.7 Å². The summed E-state index contributed by atoms with van der Waals surface area (Å²) in [5.41, 5.74) is 0. The molecule has 0 amide bonds. The van der Waals surface area contributed by atoms with Crippen molar-refractivity contribution in [3.05, 3.63) is 0 Å². The fourth-order valence-corrected chi connectivity index (χ4v) is 2.37. The average molecular weight is 248 g/mol. The molecular weight excluding hydrogens is 229 g/mol. The summed E-state index contributed by atoms with van der Waals surface area (Å²) in [7, 11) is 0. The van der Waals surface area contributed by atoms with Gasteiger partial charge in [0, 0.05) is 12.6 Å². The Morgan fingerprint density at radius 3 is 2.53 bits per heavy atom. The van der Waals surface area contributed by atoms with E-state index in [2.05, 4.69) is 19.2 Å². The highest BCUT2D eigenvalue weighted by atomic mass is 19.4. The summed E-state index contributed by atoms with van der Waals surface area (Å²) < 4.78 is 37.2. The zero-order valence-electron chi connectivity index (χ0n) is 10.2. The van der Waals surface area contributed by atoms with Gasteiger partial charge in [-0.3, -0.25) is 0 Å². The van der Waals surface area contributed by atoms with Crippen LogP contribution in [0.2, 0.25) is 0 Å². The van der Waals surface area contributed by atoms with Crippen LogP contribution in [0.25, 0.3) is 0 Å². The molecule has 4 unspecified atom stereocenters. The van der Waals surface area contributed by atoms with Crippen molar-refractivity contribution >= 4 is 0 Å². The molecule has 4 atom stereocenters. The minimum Gasteiger partial charge on any atom is -0.312 e. The second-order valence-corrected chi connectivity index (χ2v) is 5.01. The van der Waals surface area contributed by atoms with Crippen molar-refractivity contribution in [2.75, 3.05) is 6.54 Å². The number of halogens is 3. The van der Waals surface area contributed by atoms with Gasteiger partial charge in [0.05, 0.1) is 6.07 Å². The molecule has 1 rings (SSSR count). The summed E-state index contributed by atoms with van der Waals surface area (Å²) in [6, 6.07) is 1.43. The molecule has 5 heteroatoms. The van der Waals surface area contributed by atoms with Gasteiger partial charge in [-0.2, -0.15) is 18.4 Å². The van der Waals surface area contributed by atoms with E-state index in [1.54, 1.807) is 0 Å². The summed E-state index contributed by atoms with van der Waals surface area (Å²) in [6.45, 7) is 3.90. The normalized spacial score (nSPS) is 31.9. The van der Waals surface area contributed by atoms with Gasteiger partial charge in [0.2, 0.25) is 0 Å².